The van der Waals surface area contributed by atoms with Gasteiger partial charge in [0.25, 0.3) is 0 Å². The summed E-state index contributed by atoms with van der Waals surface area (Å²) in [6, 6.07) is 7.83. The van der Waals surface area contributed by atoms with Crippen molar-refractivity contribution in [3.63, 3.8) is 0 Å². The highest BCUT2D eigenvalue weighted by Gasteiger charge is 2.17. The molecule has 0 heterocycles. The molecule has 0 bridgehead atoms. The van der Waals surface area contributed by atoms with Gasteiger partial charge in [0.2, 0.25) is 5.91 Å². The lowest BCUT2D eigenvalue weighted by atomic mass is 9.87. The fourth-order valence-electron chi connectivity index (χ4n) is 1.55. The number of nitrogens with one attached hydrogen (secondary N) is 1. The molecule has 0 fully saturated rings. The molecule has 3 N–H and O–H groups in total. The van der Waals surface area contributed by atoms with Crippen molar-refractivity contribution in [1.82, 2.24) is 0 Å². The van der Waals surface area contributed by atoms with Crippen molar-refractivity contribution in [3.8, 4) is 0 Å². The summed E-state index contributed by atoms with van der Waals surface area (Å²) in [6.45, 7) is 10.2. The summed E-state index contributed by atoms with van der Waals surface area (Å²) in [5, 5.41) is 2.88. The summed E-state index contributed by atoms with van der Waals surface area (Å²) in [7, 11) is 0. The van der Waals surface area contributed by atoms with Crippen LogP contribution in [-0.2, 0) is 10.2 Å². The predicted molar refractivity (Wildman–Crippen MR) is 76.6 cm³/mol. The zero-order valence-electron chi connectivity index (χ0n) is 11.9. The van der Waals surface area contributed by atoms with Gasteiger partial charge >= 0.3 is 0 Å². The van der Waals surface area contributed by atoms with Crippen molar-refractivity contribution in [2.45, 2.75) is 46.1 Å². The molecular formula is C15H24N2O. The molecule has 18 heavy (non-hydrogen) atoms. The minimum absolute atomic E-state index is 0.0338. The third kappa shape index (κ3) is 3.84. The molecule has 0 aromatic heterocycles. The number of anilines is 1. The lowest BCUT2D eigenvalue weighted by molar-refractivity contribution is -0.119. The van der Waals surface area contributed by atoms with Gasteiger partial charge in [0.05, 0.1) is 5.92 Å². The Morgan fingerprint density at radius 1 is 1.17 bits per heavy atom. The molecule has 0 aliphatic heterocycles. The van der Waals surface area contributed by atoms with Gasteiger partial charge in [0.15, 0.2) is 0 Å². The van der Waals surface area contributed by atoms with Crippen molar-refractivity contribution in [1.29, 1.82) is 0 Å². The van der Waals surface area contributed by atoms with Gasteiger partial charge in [-0.25, -0.2) is 0 Å². The van der Waals surface area contributed by atoms with E-state index in [2.05, 4.69) is 26.1 Å². The van der Waals surface area contributed by atoms with Gasteiger partial charge in [-0.15, -0.1) is 0 Å². The maximum absolute atomic E-state index is 11.8. The molecule has 0 aliphatic rings. The van der Waals surface area contributed by atoms with Gasteiger partial charge in [-0.05, 0) is 30.0 Å². The smallest absolute Gasteiger partial charge is 0.228 e. The number of nitrogens with two attached hydrogens (primary N) is 1. The molecule has 3 nitrogen and oxygen atoms in total. The average molecular weight is 248 g/mol. The van der Waals surface area contributed by atoms with Gasteiger partial charge in [-0.2, -0.15) is 0 Å². The molecule has 1 amide bonds. The highest BCUT2D eigenvalue weighted by Crippen LogP contribution is 2.23. The molecule has 1 rings (SSSR count). The van der Waals surface area contributed by atoms with Crippen LogP contribution in [-0.4, -0.2) is 11.9 Å². The molecule has 0 saturated carbocycles. The van der Waals surface area contributed by atoms with Gasteiger partial charge in [-0.3, -0.25) is 4.79 Å². The highest BCUT2D eigenvalue weighted by molar-refractivity contribution is 5.92. The van der Waals surface area contributed by atoms with E-state index in [1.807, 2.05) is 38.1 Å². The fraction of sp³-hybridized carbons (Fsp3) is 0.533. The van der Waals surface area contributed by atoms with Crippen molar-refractivity contribution in [2.24, 2.45) is 11.7 Å². The van der Waals surface area contributed by atoms with E-state index < -0.39 is 0 Å². The maximum atomic E-state index is 11.8. The fourth-order valence-corrected chi connectivity index (χ4v) is 1.55. The molecule has 2 unspecified atom stereocenters. The van der Waals surface area contributed by atoms with E-state index in [1.54, 1.807) is 0 Å². The molecular weight excluding hydrogens is 224 g/mol. The van der Waals surface area contributed by atoms with E-state index in [4.69, 9.17) is 5.73 Å². The first-order valence-corrected chi connectivity index (χ1v) is 6.39. The van der Waals surface area contributed by atoms with Crippen LogP contribution >= 0.6 is 0 Å². The zero-order chi connectivity index (χ0) is 13.9. The number of carbonyl (C=O) groups is 1. The van der Waals surface area contributed by atoms with Crippen LogP contribution in [0.4, 0.5) is 5.69 Å². The van der Waals surface area contributed by atoms with Gasteiger partial charge in [0.1, 0.15) is 0 Å². The Kier molecular flexibility index (Phi) is 4.52. The van der Waals surface area contributed by atoms with Crippen LogP contribution in [0, 0.1) is 5.92 Å². The Morgan fingerprint density at radius 3 is 2.06 bits per heavy atom. The molecule has 2 atom stereocenters. The standard InChI is InChI=1S/C15H24N2O/c1-10(11(2)16)14(18)17-13-8-6-12(7-9-13)15(3,4)5/h6-11H,16H2,1-5H3,(H,17,18). The number of amides is 1. The van der Waals surface area contributed by atoms with Gasteiger partial charge in [-0.1, -0.05) is 39.8 Å². The Bertz CT molecular complexity index is 401. The summed E-state index contributed by atoms with van der Waals surface area (Å²) in [6.07, 6.45) is 0. The number of hydrogen-bond acceptors (Lipinski definition) is 2. The first-order valence-electron chi connectivity index (χ1n) is 6.39. The van der Waals surface area contributed by atoms with Crippen molar-refractivity contribution < 1.29 is 4.79 Å². The van der Waals surface area contributed by atoms with E-state index in [9.17, 15) is 4.79 Å². The summed E-state index contributed by atoms with van der Waals surface area (Å²) in [5.41, 5.74) is 7.91. The normalized spacial score (nSPS) is 15.0. The Labute approximate surface area is 110 Å². The Balaban J connectivity index is 2.73. The van der Waals surface area contributed by atoms with Crippen LogP contribution in [0.5, 0.6) is 0 Å². The van der Waals surface area contributed by atoms with E-state index in [1.165, 1.54) is 5.56 Å². The summed E-state index contributed by atoms with van der Waals surface area (Å²) >= 11 is 0. The first-order chi connectivity index (χ1) is 8.21. The van der Waals surface area contributed by atoms with Crippen molar-refractivity contribution >= 4 is 11.6 Å². The highest BCUT2D eigenvalue weighted by atomic mass is 16.1. The number of rotatable bonds is 3. The van der Waals surface area contributed by atoms with E-state index in [0.29, 0.717) is 0 Å². The molecule has 0 radical (unpaired) electrons. The minimum atomic E-state index is -0.188. The van der Waals surface area contributed by atoms with E-state index >= 15 is 0 Å². The molecule has 0 aliphatic carbocycles. The number of hydrogen-bond donors (Lipinski definition) is 2. The topological polar surface area (TPSA) is 55.1 Å². The molecule has 0 saturated heterocycles. The Hall–Kier alpha value is -1.35. The minimum Gasteiger partial charge on any atom is -0.327 e. The van der Waals surface area contributed by atoms with E-state index in [-0.39, 0.29) is 23.3 Å². The van der Waals surface area contributed by atoms with Crippen LogP contribution in [0.2, 0.25) is 0 Å². The molecule has 1 aromatic rings. The SMILES string of the molecule is CC(N)C(C)C(=O)Nc1ccc(C(C)(C)C)cc1. The Morgan fingerprint density at radius 2 is 1.67 bits per heavy atom. The quantitative estimate of drug-likeness (QED) is 0.864. The average Bonchev–Trinajstić information content (AvgIpc) is 2.27. The van der Waals surface area contributed by atoms with Crippen molar-refractivity contribution in [2.75, 3.05) is 5.32 Å². The first kappa shape index (κ1) is 14.7. The monoisotopic (exact) mass is 248 g/mol. The third-order valence-electron chi connectivity index (χ3n) is 3.22. The maximum Gasteiger partial charge on any atom is 0.228 e. The second kappa shape index (κ2) is 5.53. The predicted octanol–water partition coefficient (Wildman–Crippen LogP) is 2.91. The van der Waals surface area contributed by atoms with Crippen LogP contribution in [0.25, 0.3) is 0 Å². The van der Waals surface area contributed by atoms with Gasteiger partial charge < -0.3 is 11.1 Å². The second-order valence-corrected chi connectivity index (χ2v) is 5.96. The zero-order valence-corrected chi connectivity index (χ0v) is 11.9. The summed E-state index contributed by atoms with van der Waals surface area (Å²) in [4.78, 5) is 11.8. The summed E-state index contributed by atoms with van der Waals surface area (Å²) < 4.78 is 0. The van der Waals surface area contributed by atoms with Crippen LogP contribution in [0.3, 0.4) is 0 Å². The van der Waals surface area contributed by atoms with Crippen LogP contribution in [0.1, 0.15) is 40.2 Å². The van der Waals surface area contributed by atoms with E-state index in [0.717, 1.165) is 5.69 Å². The van der Waals surface area contributed by atoms with Crippen LogP contribution in [0.15, 0.2) is 24.3 Å². The largest absolute Gasteiger partial charge is 0.327 e. The third-order valence-corrected chi connectivity index (χ3v) is 3.22. The molecule has 100 valence electrons. The van der Waals surface area contributed by atoms with Crippen molar-refractivity contribution in [3.05, 3.63) is 29.8 Å². The van der Waals surface area contributed by atoms with Gasteiger partial charge in [0, 0.05) is 11.7 Å². The van der Waals surface area contributed by atoms with Crippen LogP contribution < -0.4 is 11.1 Å². The second-order valence-electron chi connectivity index (χ2n) is 5.96. The lowest BCUT2D eigenvalue weighted by Crippen LogP contribution is -2.34. The molecule has 3 heteroatoms. The molecule has 0 spiro atoms. The number of benzene rings is 1. The number of carbonyl (C=O) groups excluding carboxylic acids is 1. The molecule has 1 aromatic carbocycles. The summed E-state index contributed by atoms with van der Waals surface area (Å²) in [5.74, 6) is -0.221. The lowest BCUT2D eigenvalue weighted by Gasteiger charge is -2.20.